The lowest BCUT2D eigenvalue weighted by atomic mass is 10.1. The van der Waals surface area contributed by atoms with Crippen LogP contribution in [0.15, 0.2) is 42.5 Å². The van der Waals surface area contributed by atoms with E-state index in [1.54, 1.807) is 7.11 Å². The highest BCUT2D eigenvalue weighted by Crippen LogP contribution is 2.33. The molecule has 2 aliphatic rings. The van der Waals surface area contributed by atoms with Crippen LogP contribution in [0.1, 0.15) is 30.4 Å². The van der Waals surface area contributed by atoms with Crippen molar-refractivity contribution in [2.45, 2.75) is 33.4 Å². The first-order chi connectivity index (χ1) is 18.7. The molecular formula is C29H34N6O3. The molecule has 0 spiro atoms. The average Bonchev–Trinajstić information content (AvgIpc) is 3.55. The minimum Gasteiger partial charge on any atom is -0.378 e. The second-order valence-electron chi connectivity index (χ2n) is 9.76. The number of hydrogen-bond acceptors (Lipinski definition) is 7. The van der Waals surface area contributed by atoms with Crippen LogP contribution in [0.3, 0.4) is 0 Å². The highest BCUT2D eigenvalue weighted by atomic mass is 16.5. The Labute approximate surface area is 222 Å². The molecule has 1 saturated heterocycles. The molecule has 9 nitrogen and oxygen atoms in total. The van der Waals surface area contributed by atoms with Gasteiger partial charge in [-0.3, -0.25) is 0 Å². The fourth-order valence-corrected chi connectivity index (χ4v) is 5.29. The fraction of sp³-hybridized carbons (Fsp3) is 0.414. The molecule has 0 unspecified atom stereocenters. The Morgan fingerprint density at radius 1 is 1.03 bits per heavy atom. The number of ether oxygens (including phenoxy) is 3. The van der Waals surface area contributed by atoms with Gasteiger partial charge in [-0.05, 0) is 32.4 Å². The Morgan fingerprint density at radius 2 is 1.89 bits per heavy atom. The normalized spacial score (nSPS) is 16.3. The number of rotatable bonds is 7. The summed E-state index contributed by atoms with van der Waals surface area (Å²) < 4.78 is 21.1. The maximum Gasteiger partial charge on any atom is 0.164 e. The van der Waals surface area contributed by atoms with Gasteiger partial charge in [-0.25, -0.2) is 14.6 Å². The van der Waals surface area contributed by atoms with E-state index in [2.05, 4.69) is 65.8 Å². The van der Waals surface area contributed by atoms with Crippen molar-refractivity contribution in [2.75, 3.05) is 51.5 Å². The lowest BCUT2D eigenvalue weighted by Gasteiger charge is -2.29. The zero-order chi connectivity index (χ0) is 26.1. The van der Waals surface area contributed by atoms with E-state index >= 15 is 0 Å². The van der Waals surface area contributed by atoms with Gasteiger partial charge in [-0.2, -0.15) is 5.10 Å². The summed E-state index contributed by atoms with van der Waals surface area (Å²) >= 11 is 0. The Morgan fingerprint density at radius 3 is 2.63 bits per heavy atom. The summed E-state index contributed by atoms with van der Waals surface area (Å²) in [4.78, 5) is 12.7. The van der Waals surface area contributed by atoms with E-state index in [9.17, 15) is 0 Å². The van der Waals surface area contributed by atoms with Gasteiger partial charge in [0, 0.05) is 43.9 Å². The summed E-state index contributed by atoms with van der Waals surface area (Å²) in [5, 5.41) is 5.03. The molecule has 9 heteroatoms. The zero-order valence-electron chi connectivity index (χ0n) is 22.3. The van der Waals surface area contributed by atoms with Crippen molar-refractivity contribution >= 4 is 22.4 Å². The van der Waals surface area contributed by atoms with Gasteiger partial charge in [-0.1, -0.05) is 29.8 Å². The van der Waals surface area contributed by atoms with Crippen LogP contribution in [-0.4, -0.2) is 70.9 Å². The number of benzene rings is 1. The summed E-state index contributed by atoms with van der Waals surface area (Å²) in [6.07, 6.45) is 3.14. The topological polar surface area (TPSA) is 79.5 Å². The number of imidazole rings is 1. The van der Waals surface area contributed by atoms with Gasteiger partial charge in [0.15, 0.2) is 11.5 Å². The number of morpholine rings is 1. The van der Waals surface area contributed by atoms with Gasteiger partial charge in [0.05, 0.1) is 50.1 Å². The molecular weight excluding hydrogens is 480 g/mol. The summed E-state index contributed by atoms with van der Waals surface area (Å²) in [5.74, 6) is 1.68. The van der Waals surface area contributed by atoms with E-state index in [4.69, 9.17) is 29.3 Å². The number of aromatic nitrogens is 5. The fourth-order valence-electron chi connectivity index (χ4n) is 5.29. The third-order valence-corrected chi connectivity index (χ3v) is 7.14. The van der Waals surface area contributed by atoms with Gasteiger partial charge >= 0.3 is 0 Å². The molecule has 3 aromatic heterocycles. The van der Waals surface area contributed by atoms with Crippen LogP contribution in [0.25, 0.3) is 33.8 Å². The highest BCUT2D eigenvalue weighted by Gasteiger charge is 2.25. The maximum atomic E-state index is 5.77. The molecule has 1 fully saturated rings. The molecule has 0 radical (unpaired) electrons. The van der Waals surface area contributed by atoms with Crippen molar-refractivity contribution in [3.05, 3.63) is 59.6 Å². The number of hydrogen-bond donors (Lipinski definition) is 0. The molecule has 38 heavy (non-hydrogen) atoms. The molecule has 0 N–H and O–H groups in total. The zero-order valence-corrected chi connectivity index (χ0v) is 22.3. The lowest BCUT2D eigenvalue weighted by Crippen LogP contribution is -2.36. The predicted octanol–water partition coefficient (Wildman–Crippen LogP) is 4.40. The average molecular weight is 515 g/mol. The van der Waals surface area contributed by atoms with Gasteiger partial charge in [-0.15, -0.1) is 0 Å². The number of methoxy groups -OCH3 is 1. The standard InChI is InChI=1S/C29H34N6O3/c1-4-34-28(22-9-6-12-38-18-22)31-27-25(33-10-13-37-14-11-33)17-26(30-29(27)34)35-23(19-36-3)16-24(32-35)21-8-5-7-20(2)15-21/h5,7-9,15-17H,4,6,10-14,18-19H2,1-3H3. The molecule has 4 aromatic rings. The number of anilines is 1. The first-order valence-corrected chi connectivity index (χ1v) is 13.3. The van der Waals surface area contributed by atoms with Gasteiger partial charge in [0.2, 0.25) is 0 Å². The minimum atomic E-state index is 0.425. The number of pyridine rings is 1. The van der Waals surface area contributed by atoms with Gasteiger partial charge in [0.25, 0.3) is 0 Å². The third kappa shape index (κ3) is 4.62. The Bertz CT molecular complexity index is 1480. The second kappa shape index (κ2) is 10.7. The summed E-state index contributed by atoms with van der Waals surface area (Å²) in [6.45, 7) is 9.71. The molecule has 0 amide bonds. The van der Waals surface area contributed by atoms with Crippen LogP contribution in [0.5, 0.6) is 0 Å². The molecule has 0 saturated carbocycles. The molecule has 1 aromatic carbocycles. The van der Waals surface area contributed by atoms with Crippen molar-refractivity contribution in [1.29, 1.82) is 0 Å². The maximum absolute atomic E-state index is 5.77. The first kappa shape index (κ1) is 24.8. The molecule has 0 atom stereocenters. The Hall–Kier alpha value is -3.53. The number of aryl methyl sites for hydroxylation is 2. The summed E-state index contributed by atoms with van der Waals surface area (Å²) in [6, 6.07) is 12.6. The smallest absolute Gasteiger partial charge is 0.164 e. The quantitative estimate of drug-likeness (QED) is 0.362. The molecule has 5 heterocycles. The highest BCUT2D eigenvalue weighted by molar-refractivity contribution is 5.90. The van der Waals surface area contributed by atoms with E-state index in [0.717, 1.165) is 83.7 Å². The van der Waals surface area contributed by atoms with Crippen molar-refractivity contribution in [1.82, 2.24) is 24.3 Å². The predicted molar refractivity (Wildman–Crippen MR) is 148 cm³/mol. The molecule has 0 bridgehead atoms. The van der Waals surface area contributed by atoms with Crippen molar-refractivity contribution < 1.29 is 14.2 Å². The van der Waals surface area contributed by atoms with Gasteiger partial charge < -0.3 is 23.7 Å². The van der Waals surface area contributed by atoms with E-state index in [1.807, 2.05) is 4.68 Å². The van der Waals surface area contributed by atoms with Crippen LogP contribution in [0.2, 0.25) is 0 Å². The minimum absolute atomic E-state index is 0.425. The van der Waals surface area contributed by atoms with Gasteiger partial charge in [0.1, 0.15) is 11.3 Å². The number of fused-ring (bicyclic) bond motifs is 1. The third-order valence-electron chi connectivity index (χ3n) is 7.14. The first-order valence-electron chi connectivity index (χ1n) is 13.3. The van der Waals surface area contributed by atoms with Crippen LogP contribution >= 0.6 is 0 Å². The lowest BCUT2D eigenvalue weighted by molar-refractivity contribution is 0.123. The van der Waals surface area contributed by atoms with Crippen molar-refractivity contribution in [3.63, 3.8) is 0 Å². The van der Waals surface area contributed by atoms with Crippen molar-refractivity contribution in [3.8, 4) is 17.1 Å². The van der Waals surface area contributed by atoms with E-state index in [1.165, 1.54) is 5.56 Å². The van der Waals surface area contributed by atoms with Crippen LogP contribution in [0.4, 0.5) is 5.69 Å². The second-order valence-corrected chi connectivity index (χ2v) is 9.76. The molecule has 0 aliphatic carbocycles. The Balaban J connectivity index is 1.55. The Kier molecular flexibility index (Phi) is 6.97. The number of nitrogens with zero attached hydrogens (tertiary/aromatic N) is 6. The summed E-state index contributed by atoms with van der Waals surface area (Å²) in [5.41, 5.74) is 8.02. The van der Waals surface area contributed by atoms with E-state index in [-0.39, 0.29) is 0 Å². The van der Waals surface area contributed by atoms with E-state index < -0.39 is 0 Å². The molecule has 6 rings (SSSR count). The largest absolute Gasteiger partial charge is 0.378 e. The van der Waals surface area contributed by atoms with Crippen LogP contribution in [-0.2, 0) is 27.4 Å². The van der Waals surface area contributed by atoms with Crippen molar-refractivity contribution in [2.24, 2.45) is 0 Å². The summed E-state index contributed by atoms with van der Waals surface area (Å²) in [7, 11) is 1.71. The van der Waals surface area contributed by atoms with Crippen LogP contribution in [0, 0.1) is 6.92 Å². The SMILES string of the molecule is CCn1c(C2=CCCOC2)nc2c(N3CCOCC3)cc(-n3nc(-c4cccc(C)c4)cc3COC)nc21. The molecule has 198 valence electrons. The van der Waals surface area contributed by atoms with E-state index in [0.29, 0.717) is 26.4 Å². The molecule has 2 aliphatic heterocycles. The monoisotopic (exact) mass is 514 g/mol. The van der Waals surface area contributed by atoms with Crippen LogP contribution < -0.4 is 4.90 Å².